The molecule has 1 aromatic heterocycles. The summed E-state index contributed by atoms with van der Waals surface area (Å²) in [4.78, 5) is 27.5. The summed E-state index contributed by atoms with van der Waals surface area (Å²) in [6.45, 7) is 0. The predicted molar refractivity (Wildman–Crippen MR) is 78.1 cm³/mol. The molecule has 1 aliphatic heterocycles. The number of anilines is 1. The van der Waals surface area contributed by atoms with Gasteiger partial charge in [-0.1, -0.05) is 0 Å². The highest BCUT2D eigenvalue weighted by Gasteiger charge is 2.27. The minimum Gasteiger partial charge on any atom is -0.481 e. The molecule has 2 heterocycles. The van der Waals surface area contributed by atoms with E-state index in [-0.39, 0.29) is 11.8 Å². The van der Waals surface area contributed by atoms with Crippen LogP contribution in [0.15, 0.2) is 30.3 Å². The Balaban J connectivity index is 1.78. The first kappa shape index (κ1) is 13.4. The van der Waals surface area contributed by atoms with Gasteiger partial charge in [0.15, 0.2) is 0 Å². The van der Waals surface area contributed by atoms with E-state index >= 15 is 0 Å². The molecule has 0 saturated carbocycles. The normalized spacial score (nSPS) is 17.6. The Morgan fingerprint density at radius 2 is 2.24 bits per heavy atom. The Morgan fingerprint density at radius 3 is 2.95 bits per heavy atom. The number of nitrogens with zero attached hydrogens (tertiary/aromatic N) is 1. The SMILES string of the molecule is COc1ccc2cc(NC(=O)[C@H]3CCC(=O)N3)ccc2n1. The molecule has 3 rings (SSSR count). The summed E-state index contributed by atoms with van der Waals surface area (Å²) in [5.41, 5.74) is 1.47. The fourth-order valence-electron chi connectivity index (χ4n) is 2.34. The van der Waals surface area contributed by atoms with Crippen molar-refractivity contribution in [2.24, 2.45) is 0 Å². The van der Waals surface area contributed by atoms with Crippen LogP contribution < -0.4 is 15.4 Å². The molecular weight excluding hydrogens is 270 g/mol. The third-order valence-corrected chi connectivity index (χ3v) is 3.45. The predicted octanol–water partition coefficient (Wildman–Crippen LogP) is 1.46. The van der Waals surface area contributed by atoms with Gasteiger partial charge in [0.2, 0.25) is 17.7 Å². The number of amides is 2. The molecule has 21 heavy (non-hydrogen) atoms. The number of benzene rings is 1. The van der Waals surface area contributed by atoms with Gasteiger partial charge in [0.25, 0.3) is 0 Å². The van der Waals surface area contributed by atoms with Crippen molar-refractivity contribution < 1.29 is 14.3 Å². The van der Waals surface area contributed by atoms with E-state index < -0.39 is 6.04 Å². The van der Waals surface area contributed by atoms with Gasteiger partial charge in [0.05, 0.1) is 12.6 Å². The first-order chi connectivity index (χ1) is 10.2. The van der Waals surface area contributed by atoms with Gasteiger partial charge in [-0.05, 0) is 30.7 Å². The first-order valence-corrected chi connectivity index (χ1v) is 6.71. The van der Waals surface area contributed by atoms with Gasteiger partial charge in [-0.2, -0.15) is 0 Å². The maximum absolute atomic E-state index is 12.0. The summed E-state index contributed by atoms with van der Waals surface area (Å²) in [7, 11) is 1.57. The number of aromatic nitrogens is 1. The summed E-state index contributed by atoms with van der Waals surface area (Å²) in [6.07, 6.45) is 0.941. The van der Waals surface area contributed by atoms with Gasteiger partial charge in [0, 0.05) is 23.6 Å². The average Bonchev–Trinajstić information content (AvgIpc) is 2.93. The van der Waals surface area contributed by atoms with Gasteiger partial charge < -0.3 is 15.4 Å². The van der Waals surface area contributed by atoms with E-state index in [4.69, 9.17) is 4.74 Å². The van der Waals surface area contributed by atoms with Crippen LogP contribution in [0.5, 0.6) is 5.88 Å². The van der Waals surface area contributed by atoms with Crippen molar-refractivity contribution in [2.45, 2.75) is 18.9 Å². The number of methoxy groups -OCH3 is 1. The number of hydrogen-bond donors (Lipinski definition) is 2. The van der Waals surface area contributed by atoms with E-state index in [0.717, 1.165) is 10.9 Å². The topological polar surface area (TPSA) is 80.3 Å². The van der Waals surface area contributed by atoms with Gasteiger partial charge in [-0.25, -0.2) is 4.98 Å². The second-order valence-electron chi connectivity index (χ2n) is 4.91. The van der Waals surface area contributed by atoms with Crippen molar-refractivity contribution in [2.75, 3.05) is 12.4 Å². The molecule has 6 heteroatoms. The van der Waals surface area contributed by atoms with Crippen molar-refractivity contribution >= 4 is 28.4 Å². The van der Waals surface area contributed by atoms with E-state index in [1.54, 1.807) is 19.2 Å². The van der Waals surface area contributed by atoms with Crippen LogP contribution in [0.4, 0.5) is 5.69 Å². The highest BCUT2D eigenvalue weighted by molar-refractivity contribution is 6.00. The van der Waals surface area contributed by atoms with Crippen LogP contribution in [0, 0.1) is 0 Å². The lowest BCUT2D eigenvalue weighted by molar-refractivity contribution is -0.122. The molecule has 1 aromatic carbocycles. The van der Waals surface area contributed by atoms with Crippen LogP contribution in [-0.2, 0) is 9.59 Å². The van der Waals surface area contributed by atoms with Crippen LogP contribution in [0.3, 0.4) is 0 Å². The highest BCUT2D eigenvalue weighted by Crippen LogP contribution is 2.21. The van der Waals surface area contributed by atoms with Crippen LogP contribution in [0.2, 0.25) is 0 Å². The molecule has 1 saturated heterocycles. The molecule has 108 valence electrons. The number of hydrogen-bond acceptors (Lipinski definition) is 4. The maximum Gasteiger partial charge on any atom is 0.246 e. The number of fused-ring (bicyclic) bond motifs is 1. The van der Waals surface area contributed by atoms with Crippen LogP contribution in [0.25, 0.3) is 10.9 Å². The summed E-state index contributed by atoms with van der Waals surface area (Å²) >= 11 is 0. The molecule has 1 atom stereocenters. The third-order valence-electron chi connectivity index (χ3n) is 3.45. The lowest BCUT2D eigenvalue weighted by atomic mass is 10.1. The van der Waals surface area contributed by atoms with Gasteiger partial charge in [-0.15, -0.1) is 0 Å². The van der Waals surface area contributed by atoms with Gasteiger partial charge >= 0.3 is 0 Å². The summed E-state index contributed by atoms with van der Waals surface area (Å²) in [5.74, 6) is 0.277. The Morgan fingerprint density at radius 1 is 1.38 bits per heavy atom. The summed E-state index contributed by atoms with van der Waals surface area (Å²) in [5, 5.41) is 6.37. The molecule has 2 N–H and O–H groups in total. The maximum atomic E-state index is 12.0. The number of pyridine rings is 1. The highest BCUT2D eigenvalue weighted by atomic mass is 16.5. The van der Waals surface area contributed by atoms with E-state index in [1.165, 1.54) is 0 Å². The number of carbonyl (C=O) groups excluding carboxylic acids is 2. The number of nitrogens with one attached hydrogen (secondary N) is 2. The molecule has 2 aromatic rings. The quantitative estimate of drug-likeness (QED) is 0.894. The van der Waals surface area contributed by atoms with Crippen LogP contribution in [0.1, 0.15) is 12.8 Å². The van der Waals surface area contributed by atoms with Crippen molar-refractivity contribution in [1.82, 2.24) is 10.3 Å². The second kappa shape index (κ2) is 5.40. The van der Waals surface area contributed by atoms with Crippen LogP contribution in [-0.4, -0.2) is 29.9 Å². The summed E-state index contributed by atoms with van der Waals surface area (Å²) < 4.78 is 5.07. The standard InChI is InChI=1S/C15H15N3O3/c1-21-14-7-2-9-8-10(3-4-11(9)18-14)16-15(20)12-5-6-13(19)17-12/h2-4,7-8,12H,5-6H2,1H3,(H,16,20)(H,17,19)/t12-/m1/s1. The molecule has 6 nitrogen and oxygen atoms in total. The lowest BCUT2D eigenvalue weighted by Gasteiger charge is -2.11. The molecule has 0 bridgehead atoms. The molecule has 1 fully saturated rings. The van der Waals surface area contributed by atoms with E-state index in [1.807, 2.05) is 18.2 Å². The van der Waals surface area contributed by atoms with Crippen LogP contribution >= 0.6 is 0 Å². The van der Waals surface area contributed by atoms with Crippen molar-refractivity contribution in [3.8, 4) is 5.88 Å². The van der Waals surface area contributed by atoms with Crippen molar-refractivity contribution in [3.63, 3.8) is 0 Å². The smallest absolute Gasteiger partial charge is 0.246 e. The Bertz CT molecular complexity index is 714. The zero-order valence-corrected chi connectivity index (χ0v) is 11.6. The zero-order chi connectivity index (χ0) is 14.8. The van der Waals surface area contributed by atoms with Crippen molar-refractivity contribution in [1.29, 1.82) is 0 Å². The first-order valence-electron chi connectivity index (χ1n) is 6.71. The molecular formula is C15H15N3O3. The third kappa shape index (κ3) is 2.79. The van der Waals surface area contributed by atoms with Gasteiger partial charge in [0.1, 0.15) is 6.04 Å². The second-order valence-corrected chi connectivity index (χ2v) is 4.91. The number of ether oxygens (including phenoxy) is 1. The fraction of sp³-hybridized carbons (Fsp3) is 0.267. The molecule has 0 aliphatic carbocycles. The average molecular weight is 285 g/mol. The lowest BCUT2D eigenvalue weighted by Crippen LogP contribution is -2.37. The summed E-state index contributed by atoms with van der Waals surface area (Å²) in [6, 6.07) is 8.65. The molecule has 1 aliphatic rings. The molecule has 0 radical (unpaired) electrons. The Hall–Kier alpha value is -2.63. The van der Waals surface area contributed by atoms with E-state index in [2.05, 4.69) is 15.6 Å². The minimum absolute atomic E-state index is 0.0787. The number of rotatable bonds is 3. The molecule has 0 unspecified atom stereocenters. The minimum atomic E-state index is -0.442. The Labute approximate surface area is 121 Å². The number of carbonyl (C=O) groups is 2. The van der Waals surface area contributed by atoms with E-state index in [0.29, 0.717) is 24.4 Å². The monoisotopic (exact) mass is 285 g/mol. The zero-order valence-electron chi connectivity index (χ0n) is 11.6. The Kier molecular flexibility index (Phi) is 3.43. The largest absolute Gasteiger partial charge is 0.481 e. The van der Waals surface area contributed by atoms with Gasteiger partial charge in [-0.3, -0.25) is 9.59 Å². The fourth-order valence-corrected chi connectivity index (χ4v) is 2.34. The van der Waals surface area contributed by atoms with E-state index in [9.17, 15) is 9.59 Å². The molecule has 2 amide bonds. The van der Waals surface area contributed by atoms with Crippen molar-refractivity contribution in [3.05, 3.63) is 30.3 Å². The molecule has 0 spiro atoms.